The lowest BCUT2D eigenvalue weighted by atomic mass is 10.2. The van der Waals surface area contributed by atoms with E-state index in [0.29, 0.717) is 58.4 Å². The van der Waals surface area contributed by atoms with Gasteiger partial charge in [0.05, 0.1) is 26.5 Å². The molecule has 0 amide bonds. The van der Waals surface area contributed by atoms with Gasteiger partial charge in [0.2, 0.25) is 5.88 Å². The van der Waals surface area contributed by atoms with Crippen LogP contribution in [0.25, 0.3) is 28.5 Å². The van der Waals surface area contributed by atoms with E-state index in [4.69, 9.17) is 34.1 Å². The molecule has 3 aromatic heterocycles. The molecule has 35 heavy (non-hydrogen) atoms. The number of pyridine rings is 1. The van der Waals surface area contributed by atoms with Crippen LogP contribution in [-0.2, 0) is 6.42 Å². The number of aromatic nitrogens is 5. The van der Waals surface area contributed by atoms with Gasteiger partial charge in [-0.1, -0.05) is 24.1 Å². The number of methoxy groups -OCH3 is 2. The van der Waals surface area contributed by atoms with Gasteiger partial charge in [-0.3, -0.25) is 4.57 Å². The molecule has 182 valence electrons. The second-order valence-corrected chi connectivity index (χ2v) is 8.81. The van der Waals surface area contributed by atoms with Crippen molar-refractivity contribution < 1.29 is 14.2 Å². The predicted octanol–water partition coefficient (Wildman–Crippen LogP) is 4.94. The van der Waals surface area contributed by atoms with Crippen LogP contribution in [0.1, 0.15) is 25.5 Å². The first-order chi connectivity index (χ1) is 17.2. The zero-order chi connectivity index (χ0) is 24.4. The third-order valence-electron chi connectivity index (χ3n) is 5.82. The van der Waals surface area contributed by atoms with Gasteiger partial charge < -0.3 is 18.9 Å². The Morgan fingerprint density at radius 2 is 1.74 bits per heavy atom. The first-order valence-corrected chi connectivity index (χ1v) is 12.8. The molecule has 0 radical (unpaired) electrons. The normalized spacial score (nSPS) is 13.1. The smallest absolute Gasteiger partial charge is 0.213 e. The number of imidazole rings is 1. The van der Waals surface area contributed by atoms with E-state index in [-0.39, 0.29) is 0 Å². The topological polar surface area (TPSA) is 96.2 Å². The third-order valence-corrected chi connectivity index (χ3v) is 6.21. The number of ether oxygens (including phenoxy) is 3. The predicted molar refractivity (Wildman–Crippen MR) is 138 cm³/mol. The van der Waals surface area contributed by atoms with Gasteiger partial charge in [-0.2, -0.15) is 0 Å². The molecule has 0 bridgehead atoms. The van der Waals surface area contributed by atoms with Crippen LogP contribution in [0, 0.1) is 5.92 Å². The number of hydrogen-bond acceptors (Lipinski definition) is 9. The Morgan fingerprint density at radius 1 is 1.00 bits per heavy atom. The minimum Gasteiger partial charge on any atom is -0.494 e. The summed E-state index contributed by atoms with van der Waals surface area (Å²) < 4.78 is 22.3. The van der Waals surface area contributed by atoms with E-state index in [0.717, 1.165) is 17.9 Å². The van der Waals surface area contributed by atoms with Crippen LogP contribution < -0.4 is 18.9 Å². The Labute approximate surface area is 208 Å². The molecule has 1 aliphatic carbocycles. The Hall–Kier alpha value is -3.53. The van der Waals surface area contributed by atoms with Gasteiger partial charge in [0.1, 0.15) is 22.9 Å². The lowest BCUT2D eigenvalue weighted by Gasteiger charge is -2.16. The minimum absolute atomic E-state index is 0.518. The quantitative estimate of drug-likeness (QED) is 0.309. The molecule has 0 spiro atoms. The zero-order valence-corrected chi connectivity index (χ0v) is 21.1. The molecular weight excluding hydrogens is 464 g/mol. The zero-order valence-electron chi connectivity index (χ0n) is 20.2. The van der Waals surface area contributed by atoms with Crippen molar-refractivity contribution in [2.45, 2.75) is 26.2 Å². The number of hydrogen-bond donors (Lipinski definition) is 1. The molecule has 0 unspecified atom stereocenters. The summed E-state index contributed by atoms with van der Waals surface area (Å²) in [5.41, 5.74) is 3.36. The fourth-order valence-corrected chi connectivity index (χ4v) is 4.40. The molecule has 1 saturated carbocycles. The van der Waals surface area contributed by atoms with Crippen LogP contribution in [0.3, 0.4) is 0 Å². The van der Waals surface area contributed by atoms with Gasteiger partial charge in [-0.15, -0.1) is 0 Å². The summed E-state index contributed by atoms with van der Waals surface area (Å²) in [7, 11) is 3.26. The van der Waals surface area contributed by atoms with Crippen molar-refractivity contribution in [2.24, 2.45) is 5.92 Å². The third kappa shape index (κ3) is 4.58. The Bertz CT molecular complexity index is 1330. The highest BCUT2D eigenvalue weighted by Gasteiger charge is 2.28. The van der Waals surface area contributed by atoms with E-state index in [9.17, 15) is 0 Å². The molecule has 1 aliphatic rings. The van der Waals surface area contributed by atoms with E-state index in [1.807, 2.05) is 54.1 Å². The number of benzene rings is 1. The van der Waals surface area contributed by atoms with Crippen LogP contribution in [0.2, 0.25) is 0 Å². The maximum atomic E-state index is 5.73. The summed E-state index contributed by atoms with van der Waals surface area (Å²) in [6.07, 6.45) is 5.31. The lowest BCUT2D eigenvalue weighted by molar-refractivity contribution is 0.327. The van der Waals surface area contributed by atoms with Crippen molar-refractivity contribution in [1.29, 1.82) is 0 Å². The molecule has 5 rings (SSSR count). The lowest BCUT2D eigenvalue weighted by Crippen LogP contribution is -2.07. The van der Waals surface area contributed by atoms with Crippen molar-refractivity contribution in [3.8, 4) is 34.6 Å². The van der Waals surface area contributed by atoms with Gasteiger partial charge >= 0.3 is 0 Å². The van der Waals surface area contributed by atoms with Crippen LogP contribution in [0.4, 0.5) is 5.82 Å². The number of anilines is 1. The fourth-order valence-electron chi connectivity index (χ4n) is 4.05. The highest BCUT2D eigenvalue weighted by Crippen LogP contribution is 2.39. The monoisotopic (exact) mass is 492 g/mol. The van der Waals surface area contributed by atoms with Gasteiger partial charge in [-0.25, -0.2) is 19.9 Å². The number of nitrogens with one attached hydrogen (secondary N) is 1. The van der Waals surface area contributed by atoms with Crippen molar-refractivity contribution >= 4 is 29.1 Å². The van der Waals surface area contributed by atoms with Crippen molar-refractivity contribution in [2.75, 3.05) is 31.8 Å². The van der Waals surface area contributed by atoms with E-state index < -0.39 is 0 Å². The SMILES string of the molecule is CCOc1cccc(-c2nc3nc(CC4CC4)c(NSC)nc3n2-c2c(OC)cccc2OC)n1. The molecule has 0 atom stereocenters. The van der Waals surface area contributed by atoms with Crippen molar-refractivity contribution in [3.63, 3.8) is 0 Å². The molecule has 1 aromatic carbocycles. The fraction of sp³-hybridized carbons (Fsp3) is 0.360. The minimum atomic E-state index is 0.518. The summed E-state index contributed by atoms with van der Waals surface area (Å²) in [5, 5.41) is 0. The van der Waals surface area contributed by atoms with Gasteiger partial charge in [0, 0.05) is 12.3 Å². The summed E-state index contributed by atoms with van der Waals surface area (Å²) in [6.45, 7) is 2.45. The summed E-state index contributed by atoms with van der Waals surface area (Å²) in [6, 6.07) is 11.3. The summed E-state index contributed by atoms with van der Waals surface area (Å²) in [4.78, 5) is 19.6. The molecule has 1 fully saturated rings. The maximum absolute atomic E-state index is 5.73. The molecular formula is C25H28N6O3S. The molecule has 4 aromatic rings. The molecule has 0 saturated heterocycles. The second-order valence-electron chi connectivity index (χ2n) is 8.20. The number of fused-ring (bicyclic) bond motifs is 1. The Balaban J connectivity index is 1.81. The second kappa shape index (κ2) is 9.99. The van der Waals surface area contributed by atoms with E-state index in [2.05, 4.69) is 4.72 Å². The standard InChI is InChI=1S/C25H28N6O3S/c1-5-34-20-11-6-8-16(26-20)24-29-23-25(28-22(30-35-4)17(27-23)14-15-12-13-15)31(24)21-18(32-2)9-7-10-19(21)33-3/h6-11,15H,5,12-14H2,1-4H3,(H,28,30). The van der Waals surface area contributed by atoms with Gasteiger partial charge in [0.25, 0.3) is 0 Å². The molecule has 10 heteroatoms. The Morgan fingerprint density at radius 3 is 2.40 bits per heavy atom. The number of nitrogens with zero attached hydrogens (tertiary/aromatic N) is 5. The molecule has 0 aliphatic heterocycles. The summed E-state index contributed by atoms with van der Waals surface area (Å²) >= 11 is 1.49. The van der Waals surface area contributed by atoms with Crippen LogP contribution in [0.5, 0.6) is 17.4 Å². The number of rotatable bonds is 10. The molecule has 9 nitrogen and oxygen atoms in total. The first kappa shape index (κ1) is 23.2. The van der Waals surface area contributed by atoms with Gasteiger partial charge in [-0.05, 0) is 50.3 Å². The van der Waals surface area contributed by atoms with Crippen molar-refractivity contribution in [3.05, 3.63) is 42.1 Å². The average molecular weight is 493 g/mol. The molecule has 3 heterocycles. The largest absolute Gasteiger partial charge is 0.494 e. The van der Waals surface area contributed by atoms with E-state index >= 15 is 0 Å². The van der Waals surface area contributed by atoms with E-state index in [1.54, 1.807) is 14.2 Å². The highest BCUT2D eigenvalue weighted by molar-refractivity contribution is 7.99. The van der Waals surface area contributed by atoms with Crippen LogP contribution in [0.15, 0.2) is 36.4 Å². The number of para-hydroxylation sites is 1. The van der Waals surface area contributed by atoms with Crippen LogP contribution >= 0.6 is 11.9 Å². The van der Waals surface area contributed by atoms with Crippen molar-refractivity contribution in [1.82, 2.24) is 24.5 Å². The first-order valence-electron chi connectivity index (χ1n) is 11.6. The maximum Gasteiger partial charge on any atom is 0.213 e. The Kier molecular flexibility index (Phi) is 6.63. The van der Waals surface area contributed by atoms with Crippen LogP contribution in [-0.4, -0.2) is 51.6 Å². The highest BCUT2D eigenvalue weighted by atomic mass is 32.2. The average Bonchev–Trinajstić information content (AvgIpc) is 3.62. The summed E-state index contributed by atoms with van der Waals surface area (Å²) in [5.74, 6) is 3.74. The molecule has 1 N–H and O–H groups in total. The van der Waals surface area contributed by atoms with E-state index in [1.165, 1.54) is 24.8 Å². The van der Waals surface area contributed by atoms with Gasteiger partial charge in [0.15, 0.2) is 22.9 Å².